The highest BCUT2D eigenvalue weighted by molar-refractivity contribution is 7.98. The molecule has 0 bridgehead atoms. The topological polar surface area (TPSA) is 80.9 Å². The highest BCUT2D eigenvalue weighted by Gasteiger charge is 2.25. The molecule has 106 valence electrons. The van der Waals surface area contributed by atoms with E-state index in [9.17, 15) is 4.79 Å². The minimum Gasteiger partial charge on any atom is -0.481 e. The summed E-state index contributed by atoms with van der Waals surface area (Å²) in [5.41, 5.74) is 0.912. The van der Waals surface area contributed by atoms with Gasteiger partial charge in [0.2, 0.25) is 0 Å². The van der Waals surface area contributed by atoms with Crippen molar-refractivity contribution < 1.29 is 9.90 Å². The molecule has 20 heavy (non-hydrogen) atoms. The van der Waals surface area contributed by atoms with E-state index in [0.29, 0.717) is 5.82 Å². The molecule has 2 atom stereocenters. The first kappa shape index (κ1) is 14.5. The van der Waals surface area contributed by atoms with Gasteiger partial charge >= 0.3 is 5.97 Å². The van der Waals surface area contributed by atoms with Crippen molar-refractivity contribution in [2.45, 2.75) is 24.8 Å². The molecule has 1 N–H and O–H groups in total. The predicted octanol–water partition coefficient (Wildman–Crippen LogP) is 2.34. The number of hydrogen-bond donors (Lipinski definition) is 1. The van der Waals surface area contributed by atoms with Gasteiger partial charge in [0.15, 0.2) is 5.82 Å². The third-order valence-electron chi connectivity index (χ3n) is 3.34. The van der Waals surface area contributed by atoms with Crippen molar-refractivity contribution in [2.24, 2.45) is 5.92 Å². The van der Waals surface area contributed by atoms with E-state index < -0.39 is 11.9 Å². The molecule has 0 aliphatic carbocycles. The first-order chi connectivity index (χ1) is 9.56. The summed E-state index contributed by atoms with van der Waals surface area (Å²) in [5, 5.41) is 20.8. The Labute approximate surface area is 121 Å². The Morgan fingerprint density at radius 3 is 2.70 bits per heavy atom. The van der Waals surface area contributed by atoms with Crippen LogP contribution in [0.2, 0.25) is 0 Å². The molecule has 0 radical (unpaired) electrons. The highest BCUT2D eigenvalue weighted by atomic mass is 32.2. The van der Waals surface area contributed by atoms with Gasteiger partial charge in [-0.2, -0.15) is 0 Å². The average Bonchev–Trinajstić information content (AvgIpc) is 2.94. The standard InChI is InChI=1S/C13H16N4O2S/c1-8(13(18)19)9(2)17-12(14-15-16-17)10-6-4-5-7-11(10)20-3/h4-9H,1-3H3,(H,18,19). The summed E-state index contributed by atoms with van der Waals surface area (Å²) in [7, 11) is 0. The van der Waals surface area contributed by atoms with E-state index in [-0.39, 0.29) is 6.04 Å². The predicted molar refractivity (Wildman–Crippen MR) is 76.5 cm³/mol. The summed E-state index contributed by atoms with van der Waals surface area (Å²) in [6.07, 6.45) is 1.98. The Kier molecular flexibility index (Phi) is 4.39. The Hall–Kier alpha value is -1.89. The van der Waals surface area contributed by atoms with Gasteiger partial charge < -0.3 is 5.11 Å². The minimum absolute atomic E-state index is 0.326. The van der Waals surface area contributed by atoms with Gasteiger partial charge in [-0.15, -0.1) is 16.9 Å². The molecular formula is C13H16N4O2S. The lowest BCUT2D eigenvalue weighted by Crippen LogP contribution is -2.23. The second-order valence-corrected chi connectivity index (χ2v) is 5.36. The fraction of sp³-hybridized carbons (Fsp3) is 0.385. The Morgan fingerprint density at radius 2 is 2.05 bits per heavy atom. The maximum Gasteiger partial charge on any atom is 0.308 e. The van der Waals surface area contributed by atoms with E-state index in [1.165, 1.54) is 0 Å². The van der Waals surface area contributed by atoms with Gasteiger partial charge in [-0.25, -0.2) is 4.68 Å². The molecule has 0 amide bonds. The SMILES string of the molecule is CSc1ccccc1-c1nnnn1C(C)C(C)C(=O)O. The summed E-state index contributed by atoms with van der Waals surface area (Å²) in [6.45, 7) is 3.46. The fourth-order valence-corrected chi connectivity index (χ4v) is 2.49. The van der Waals surface area contributed by atoms with Crippen LogP contribution >= 0.6 is 11.8 Å². The second kappa shape index (κ2) is 6.04. The number of tetrazole rings is 1. The number of carboxylic acid groups (broad SMARTS) is 1. The van der Waals surface area contributed by atoms with Crippen LogP contribution in [-0.4, -0.2) is 37.5 Å². The molecule has 0 aliphatic rings. The first-order valence-corrected chi connectivity index (χ1v) is 7.42. The van der Waals surface area contributed by atoms with Crippen LogP contribution in [0.1, 0.15) is 19.9 Å². The summed E-state index contributed by atoms with van der Waals surface area (Å²) in [4.78, 5) is 12.2. The monoisotopic (exact) mass is 292 g/mol. The summed E-state index contributed by atoms with van der Waals surface area (Å²) in [5.74, 6) is -0.841. The zero-order valence-electron chi connectivity index (χ0n) is 11.5. The number of hydrogen-bond acceptors (Lipinski definition) is 5. The zero-order chi connectivity index (χ0) is 14.7. The van der Waals surface area contributed by atoms with Crippen molar-refractivity contribution >= 4 is 17.7 Å². The van der Waals surface area contributed by atoms with Crippen molar-refractivity contribution in [1.82, 2.24) is 20.2 Å². The molecule has 0 spiro atoms. The molecule has 0 aliphatic heterocycles. The average molecular weight is 292 g/mol. The molecule has 7 heteroatoms. The van der Waals surface area contributed by atoms with Gasteiger partial charge in [-0.05, 0) is 42.7 Å². The molecule has 6 nitrogen and oxygen atoms in total. The van der Waals surface area contributed by atoms with Crippen molar-refractivity contribution in [1.29, 1.82) is 0 Å². The van der Waals surface area contributed by atoms with Crippen LogP contribution in [0.15, 0.2) is 29.2 Å². The maximum atomic E-state index is 11.1. The summed E-state index contributed by atoms with van der Waals surface area (Å²) < 4.78 is 1.58. The number of rotatable bonds is 5. The van der Waals surface area contributed by atoms with Crippen LogP contribution in [0, 0.1) is 5.92 Å². The van der Waals surface area contributed by atoms with Gasteiger partial charge in [0.05, 0.1) is 12.0 Å². The van der Waals surface area contributed by atoms with E-state index in [2.05, 4.69) is 15.5 Å². The lowest BCUT2D eigenvalue weighted by Gasteiger charge is -2.17. The minimum atomic E-state index is -0.864. The molecule has 0 saturated carbocycles. The van der Waals surface area contributed by atoms with E-state index in [0.717, 1.165) is 10.5 Å². The Bertz CT molecular complexity index is 614. The van der Waals surface area contributed by atoms with Crippen LogP contribution in [0.3, 0.4) is 0 Å². The van der Waals surface area contributed by atoms with Crippen molar-refractivity contribution in [2.75, 3.05) is 6.26 Å². The lowest BCUT2D eigenvalue weighted by atomic mass is 10.0. The van der Waals surface area contributed by atoms with Crippen molar-refractivity contribution in [3.05, 3.63) is 24.3 Å². The van der Waals surface area contributed by atoms with Gasteiger partial charge in [0, 0.05) is 10.5 Å². The smallest absolute Gasteiger partial charge is 0.308 e. The van der Waals surface area contributed by atoms with E-state index in [1.807, 2.05) is 30.5 Å². The van der Waals surface area contributed by atoms with Crippen molar-refractivity contribution in [3.8, 4) is 11.4 Å². The molecule has 0 fully saturated rings. The molecule has 2 aromatic rings. The normalized spacial score (nSPS) is 13.9. The third kappa shape index (κ3) is 2.67. The van der Waals surface area contributed by atoms with Gasteiger partial charge in [-0.3, -0.25) is 4.79 Å². The highest BCUT2D eigenvalue weighted by Crippen LogP contribution is 2.30. The second-order valence-electron chi connectivity index (χ2n) is 4.51. The van der Waals surface area contributed by atoms with E-state index >= 15 is 0 Å². The van der Waals surface area contributed by atoms with E-state index in [1.54, 1.807) is 30.3 Å². The Balaban J connectivity index is 2.45. The number of carbonyl (C=O) groups is 1. The molecular weight excluding hydrogens is 276 g/mol. The van der Waals surface area contributed by atoms with Crippen LogP contribution in [0.5, 0.6) is 0 Å². The van der Waals surface area contributed by atoms with Gasteiger partial charge in [0.1, 0.15) is 0 Å². The third-order valence-corrected chi connectivity index (χ3v) is 4.14. The van der Waals surface area contributed by atoms with E-state index in [4.69, 9.17) is 5.11 Å². The number of benzene rings is 1. The molecule has 1 aromatic heterocycles. The van der Waals surface area contributed by atoms with Crippen molar-refractivity contribution in [3.63, 3.8) is 0 Å². The quantitative estimate of drug-likeness (QED) is 0.852. The molecule has 2 unspecified atom stereocenters. The molecule has 1 aromatic carbocycles. The number of thioether (sulfide) groups is 1. The van der Waals surface area contributed by atoms with Gasteiger partial charge in [-0.1, -0.05) is 12.1 Å². The Morgan fingerprint density at radius 1 is 1.35 bits per heavy atom. The number of nitrogens with zero attached hydrogens (tertiary/aromatic N) is 4. The van der Waals surface area contributed by atoms with Crippen LogP contribution in [0.4, 0.5) is 0 Å². The summed E-state index contributed by atoms with van der Waals surface area (Å²) >= 11 is 1.60. The number of aromatic nitrogens is 4. The maximum absolute atomic E-state index is 11.1. The molecule has 1 heterocycles. The largest absolute Gasteiger partial charge is 0.481 e. The first-order valence-electron chi connectivity index (χ1n) is 6.20. The number of carboxylic acids is 1. The fourth-order valence-electron chi connectivity index (χ4n) is 1.89. The summed E-state index contributed by atoms with van der Waals surface area (Å²) in [6, 6.07) is 7.47. The number of aliphatic carboxylic acids is 1. The van der Waals surface area contributed by atoms with Crippen LogP contribution in [-0.2, 0) is 4.79 Å². The lowest BCUT2D eigenvalue weighted by molar-refractivity contribution is -0.142. The van der Waals surface area contributed by atoms with Crippen LogP contribution < -0.4 is 0 Å². The molecule has 0 saturated heterocycles. The molecule has 2 rings (SSSR count). The van der Waals surface area contributed by atoms with Gasteiger partial charge in [0.25, 0.3) is 0 Å². The van der Waals surface area contributed by atoms with Crippen LogP contribution in [0.25, 0.3) is 11.4 Å². The zero-order valence-corrected chi connectivity index (χ0v) is 12.3.